The molecule has 0 aliphatic carbocycles. The lowest BCUT2D eigenvalue weighted by Crippen LogP contribution is -2.51. The standard InChI is InChI=1S/C20H28N2O5S/c23-19(21-13-9-20(10-14-21)26-15-4-16-27-20)17-5-7-18(8-6-17)28(24,25)22-11-2-1-3-12-22/h5-8H,1-4,9-16H2. The van der Waals surface area contributed by atoms with Crippen molar-refractivity contribution in [2.75, 3.05) is 39.4 Å². The Kier molecular flexibility index (Phi) is 5.73. The molecule has 0 aromatic heterocycles. The molecule has 7 nitrogen and oxygen atoms in total. The normalized spacial score (nSPS) is 23.6. The fraction of sp³-hybridized carbons (Fsp3) is 0.650. The van der Waals surface area contributed by atoms with Crippen molar-refractivity contribution in [3.8, 4) is 0 Å². The van der Waals surface area contributed by atoms with Crippen molar-refractivity contribution in [1.29, 1.82) is 0 Å². The van der Waals surface area contributed by atoms with Crippen molar-refractivity contribution in [3.05, 3.63) is 29.8 Å². The highest BCUT2D eigenvalue weighted by atomic mass is 32.2. The molecule has 1 spiro atoms. The number of hydrogen-bond acceptors (Lipinski definition) is 5. The van der Waals surface area contributed by atoms with Crippen LogP contribution in [0.4, 0.5) is 0 Å². The van der Waals surface area contributed by atoms with Crippen LogP contribution in [0, 0.1) is 0 Å². The summed E-state index contributed by atoms with van der Waals surface area (Å²) in [5, 5.41) is 0. The van der Waals surface area contributed by atoms with Crippen LogP contribution < -0.4 is 0 Å². The molecule has 3 aliphatic heterocycles. The minimum Gasteiger partial charge on any atom is -0.350 e. The quantitative estimate of drug-likeness (QED) is 0.767. The number of amides is 1. The first-order valence-electron chi connectivity index (χ1n) is 10.2. The first kappa shape index (κ1) is 19.8. The number of benzene rings is 1. The van der Waals surface area contributed by atoms with Gasteiger partial charge in [-0.25, -0.2) is 8.42 Å². The Balaban J connectivity index is 1.40. The predicted octanol–water partition coefficient (Wildman–Crippen LogP) is 2.23. The topological polar surface area (TPSA) is 76.2 Å². The maximum atomic E-state index is 12.8. The molecule has 3 aliphatic rings. The Morgan fingerprint density at radius 3 is 2.07 bits per heavy atom. The molecule has 0 unspecified atom stereocenters. The van der Waals surface area contributed by atoms with Crippen LogP contribution >= 0.6 is 0 Å². The van der Waals surface area contributed by atoms with Crippen LogP contribution in [0.1, 0.15) is 48.9 Å². The van der Waals surface area contributed by atoms with Crippen molar-refractivity contribution < 1.29 is 22.7 Å². The molecule has 0 atom stereocenters. The van der Waals surface area contributed by atoms with Gasteiger partial charge < -0.3 is 14.4 Å². The van der Waals surface area contributed by atoms with Gasteiger partial charge in [-0.05, 0) is 43.5 Å². The van der Waals surface area contributed by atoms with Gasteiger partial charge in [-0.15, -0.1) is 0 Å². The molecule has 154 valence electrons. The van der Waals surface area contributed by atoms with Gasteiger partial charge in [0.2, 0.25) is 10.0 Å². The minimum atomic E-state index is -3.47. The first-order chi connectivity index (χ1) is 13.5. The summed E-state index contributed by atoms with van der Waals surface area (Å²) in [5.74, 6) is -0.603. The summed E-state index contributed by atoms with van der Waals surface area (Å²) in [5.41, 5.74) is 0.513. The smallest absolute Gasteiger partial charge is 0.253 e. The van der Waals surface area contributed by atoms with E-state index in [-0.39, 0.29) is 10.8 Å². The van der Waals surface area contributed by atoms with Crippen LogP contribution in [0.5, 0.6) is 0 Å². The van der Waals surface area contributed by atoms with Gasteiger partial charge in [-0.3, -0.25) is 4.79 Å². The van der Waals surface area contributed by atoms with E-state index in [2.05, 4.69) is 0 Å². The molecule has 1 aromatic rings. The van der Waals surface area contributed by atoms with Crippen LogP contribution in [0.15, 0.2) is 29.2 Å². The molecule has 4 rings (SSSR count). The van der Waals surface area contributed by atoms with Crippen LogP contribution in [0.3, 0.4) is 0 Å². The third-order valence-electron chi connectivity index (χ3n) is 5.89. The van der Waals surface area contributed by atoms with Gasteiger partial charge in [0.1, 0.15) is 0 Å². The monoisotopic (exact) mass is 408 g/mol. The van der Waals surface area contributed by atoms with Gasteiger partial charge in [0.25, 0.3) is 5.91 Å². The van der Waals surface area contributed by atoms with E-state index in [4.69, 9.17) is 9.47 Å². The molecule has 3 heterocycles. The van der Waals surface area contributed by atoms with Gasteiger partial charge in [0.15, 0.2) is 5.79 Å². The first-order valence-corrected chi connectivity index (χ1v) is 11.6. The summed E-state index contributed by atoms with van der Waals surface area (Å²) in [6, 6.07) is 6.35. The average molecular weight is 409 g/mol. The third-order valence-corrected chi connectivity index (χ3v) is 7.80. The van der Waals surface area contributed by atoms with Crippen LogP contribution in [0.25, 0.3) is 0 Å². The van der Waals surface area contributed by atoms with Crippen molar-refractivity contribution in [2.24, 2.45) is 0 Å². The van der Waals surface area contributed by atoms with Crippen molar-refractivity contribution in [3.63, 3.8) is 0 Å². The zero-order valence-corrected chi connectivity index (χ0v) is 17.0. The van der Waals surface area contributed by atoms with Crippen molar-refractivity contribution in [1.82, 2.24) is 9.21 Å². The molecule has 1 amide bonds. The Labute approximate surface area is 166 Å². The van der Waals surface area contributed by atoms with Gasteiger partial charge in [0, 0.05) is 44.6 Å². The lowest BCUT2D eigenvalue weighted by molar-refractivity contribution is -0.281. The summed E-state index contributed by atoms with van der Waals surface area (Å²) < 4.78 is 38.7. The Hall–Kier alpha value is -1.48. The zero-order chi connectivity index (χ0) is 19.6. The van der Waals surface area contributed by atoms with E-state index in [0.717, 1.165) is 25.7 Å². The molecule has 0 radical (unpaired) electrons. The largest absolute Gasteiger partial charge is 0.350 e. The number of ether oxygens (including phenoxy) is 2. The molecular formula is C20H28N2O5S. The molecule has 0 bridgehead atoms. The number of piperidine rings is 2. The lowest BCUT2D eigenvalue weighted by Gasteiger charge is -2.43. The maximum absolute atomic E-state index is 12.8. The van der Waals surface area contributed by atoms with E-state index >= 15 is 0 Å². The predicted molar refractivity (Wildman–Crippen MR) is 103 cm³/mol. The second kappa shape index (κ2) is 8.10. The molecule has 3 saturated heterocycles. The van der Waals surface area contributed by atoms with E-state index in [1.165, 1.54) is 0 Å². The van der Waals surface area contributed by atoms with Crippen LogP contribution in [-0.2, 0) is 19.5 Å². The van der Waals surface area contributed by atoms with Gasteiger partial charge in [0.05, 0.1) is 18.1 Å². The number of carbonyl (C=O) groups excluding carboxylic acids is 1. The number of sulfonamides is 1. The highest BCUT2D eigenvalue weighted by Gasteiger charge is 2.39. The number of carbonyl (C=O) groups is 1. The number of nitrogens with zero attached hydrogens (tertiary/aromatic N) is 2. The van der Waals surface area contributed by atoms with Gasteiger partial charge in [-0.2, -0.15) is 4.31 Å². The van der Waals surface area contributed by atoms with E-state index in [0.29, 0.717) is 57.8 Å². The van der Waals surface area contributed by atoms with Crippen molar-refractivity contribution in [2.45, 2.75) is 49.2 Å². The van der Waals surface area contributed by atoms with Gasteiger partial charge in [-0.1, -0.05) is 6.42 Å². The second-order valence-corrected chi connectivity index (χ2v) is 9.68. The molecular weight excluding hydrogens is 380 g/mol. The molecule has 3 fully saturated rings. The number of rotatable bonds is 3. The Morgan fingerprint density at radius 1 is 0.857 bits per heavy atom. The number of hydrogen-bond donors (Lipinski definition) is 0. The minimum absolute atomic E-state index is 0.0763. The van der Waals surface area contributed by atoms with E-state index < -0.39 is 15.8 Å². The summed E-state index contributed by atoms with van der Waals surface area (Å²) >= 11 is 0. The van der Waals surface area contributed by atoms with Crippen LogP contribution in [-0.4, -0.2) is 68.7 Å². The number of likely N-dealkylation sites (tertiary alicyclic amines) is 1. The summed E-state index contributed by atoms with van der Waals surface area (Å²) in [6.07, 6.45) is 5.13. The fourth-order valence-electron chi connectivity index (χ4n) is 4.16. The molecule has 0 N–H and O–H groups in total. The van der Waals surface area contributed by atoms with E-state index in [1.54, 1.807) is 33.5 Å². The van der Waals surface area contributed by atoms with Crippen LogP contribution in [0.2, 0.25) is 0 Å². The lowest BCUT2D eigenvalue weighted by atomic mass is 10.0. The Bertz CT molecular complexity index is 786. The molecule has 0 saturated carbocycles. The SMILES string of the molecule is O=C(c1ccc(S(=O)(=O)N2CCCCC2)cc1)N1CCC2(CC1)OCCCO2. The molecule has 28 heavy (non-hydrogen) atoms. The van der Waals surface area contributed by atoms with Gasteiger partial charge >= 0.3 is 0 Å². The maximum Gasteiger partial charge on any atom is 0.253 e. The highest BCUT2D eigenvalue weighted by Crippen LogP contribution is 2.31. The summed E-state index contributed by atoms with van der Waals surface area (Å²) in [7, 11) is -3.47. The molecule has 8 heteroatoms. The van der Waals surface area contributed by atoms with Crippen molar-refractivity contribution >= 4 is 15.9 Å². The van der Waals surface area contributed by atoms with E-state index in [1.807, 2.05) is 0 Å². The fourth-order valence-corrected chi connectivity index (χ4v) is 5.68. The second-order valence-electron chi connectivity index (χ2n) is 7.74. The van der Waals surface area contributed by atoms with E-state index in [9.17, 15) is 13.2 Å². The Morgan fingerprint density at radius 2 is 1.46 bits per heavy atom. The average Bonchev–Trinajstić information content (AvgIpc) is 2.75. The summed E-state index contributed by atoms with van der Waals surface area (Å²) in [4.78, 5) is 14.9. The summed E-state index contributed by atoms with van der Waals surface area (Å²) in [6.45, 7) is 3.71. The third kappa shape index (κ3) is 3.96. The zero-order valence-electron chi connectivity index (χ0n) is 16.1. The molecule has 1 aromatic carbocycles. The highest BCUT2D eigenvalue weighted by molar-refractivity contribution is 7.89.